The van der Waals surface area contributed by atoms with E-state index in [0.29, 0.717) is 0 Å². The van der Waals surface area contributed by atoms with Crippen LogP contribution in [0, 0.1) is 0 Å². The highest BCUT2D eigenvalue weighted by atomic mass is 35.5. The Labute approximate surface area is 104 Å². The Hall–Kier alpha value is -0.480. The summed E-state index contributed by atoms with van der Waals surface area (Å²) in [7, 11) is 0. The predicted octanol–water partition coefficient (Wildman–Crippen LogP) is 2.15. The Morgan fingerprint density at radius 3 is 2.50 bits per heavy atom. The maximum absolute atomic E-state index is 11.8. The first-order chi connectivity index (χ1) is 6.81. The number of halogens is 1. The molecule has 0 spiro atoms. The normalized spacial score (nSPS) is 25.9. The molecular weight excluding hydrogens is 228 g/mol. The topological polar surface area (TPSA) is 55.6 Å². The molecule has 96 valence electrons. The Bertz CT molecular complexity index is 241. The molecular formula is C11H23ClN2O2. The zero-order valence-corrected chi connectivity index (χ0v) is 11.3. The summed E-state index contributed by atoms with van der Waals surface area (Å²) in [5.74, 6) is 0. The number of likely N-dealkylation sites (tertiary alicyclic amines) is 1. The van der Waals surface area contributed by atoms with Crippen LogP contribution in [0.1, 0.15) is 40.5 Å². The second-order valence-corrected chi connectivity index (χ2v) is 5.22. The van der Waals surface area contributed by atoms with Crippen LogP contribution in [0.2, 0.25) is 0 Å². The van der Waals surface area contributed by atoms with Crippen molar-refractivity contribution in [1.29, 1.82) is 0 Å². The van der Waals surface area contributed by atoms with Crippen molar-refractivity contribution in [2.24, 2.45) is 5.73 Å². The number of hydrogen-bond acceptors (Lipinski definition) is 3. The highest BCUT2D eigenvalue weighted by Gasteiger charge is 2.31. The first kappa shape index (κ1) is 15.5. The number of carbonyl (C=O) groups is 1. The number of hydrogen-bond donors (Lipinski definition) is 1. The summed E-state index contributed by atoms with van der Waals surface area (Å²) < 4.78 is 5.33. The van der Waals surface area contributed by atoms with Crippen LogP contribution in [-0.2, 0) is 4.74 Å². The summed E-state index contributed by atoms with van der Waals surface area (Å²) in [4.78, 5) is 13.6. The molecule has 0 radical (unpaired) electrons. The summed E-state index contributed by atoms with van der Waals surface area (Å²) in [5, 5.41) is 0. The molecule has 0 bridgehead atoms. The minimum atomic E-state index is -0.432. The van der Waals surface area contributed by atoms with Crippen LogP contribution in [0.4, 0.5) is 4.79 Å². The van der Waals surface area contributed by atoms with Crippen LogP contribution in [0.5, 0.6) is 0 Å². The van der Waals surface area contributed by atoms with E-state index in [-0.39, 0.29) is 30.6 Å². The maximum atomic E-state index is 11.8. The molecule has 2 N–H and O–H groups in total. The Balaban J connectivity index is 0.00000225. The molecule has 1 rings (SSSR count). The van der Waals surface area contributed by atoms with Crippen molar-refractivity contribution in [3.63, 3.8) is 0 Å². The fourth-order valence-electron chi connectivity index (χ4n) is 1.75. The highest BCUT2D eigenvalue weighted by molar-refractivity contribution is 5.85. The molecule has 4 nitrogen and oxygen atoms in total. The van der Waals surface area contributed by atoms with Gasteiger partial charge in [-0.3, -0.25) is 0 Å². The molecule has 0 aliphatic carbocycles. The smallest absolute Gasteiger partial charge is 0.410 e. The SMILES string of the molecule is C[C@@H]1[C@H](N)CCCN1C(=O)OC(C)(C)C.Cl. The Kier molecular flexibility index (Phi) is 5.56. The lowest BCUT2D eigenvalue weighted by Crippen LogP contribution is -2.53. The molecule has 1 amide bonds. The molecule has 16 heavy (non-hydrogen) atoms. The second-order valence-electron chi connectivity index (χ2n) is 5.22. The van der Waals surface area contributed by atoms with E-state index >= 15 is 0 Å². The van der Waals surface area contributed by atoms with E-state index in [1.807, 2.05) is 27.7 Å². The monoisotopic (exact) mass is 250 g/mol. The van der Waals surface area contributed by atoms with Crippen molar-refractivity contribution in [1.82, 2.24) is 4.90 Å². The molecule has 0 aromatic heterocycles. The van der Waals surface area contributed by atoms with Gasteiger partial charge < -0.3 is 15.4 Å². The highest BCUT2D eigenvalue weighted by Crippen LogP contribution is 2.19. The van der Waals surface area contributed by atoms with Gasteiger partial charge in [0, 0.05) is 18.6 Å². The summed E-state index contributed by atoms with van der Waals surface area (Å²) in [5.41, 5.74) is 5.49. The molecule has 0 unspecified atom stereocenters. The van der Waals surface area contributed by atoms with Crippen molar-refractivity contribution in [3.05, 3.63) is 0 Å². The summed E-state index contributed by atoms with van der Waals surface area (Å²) >= 11 is 0. The lowest BCUT2D eigenvalue weighted by molar-refractivity contribution is 0.00933. The molecule has 1 saturated heterocycles. The van der Waals surface area contributed by atoms with Gasteiger partial charge in [-0.05, 0) is 40.5 Å². The zero-order valence-electron chi connectivity index (χ0n) is 10.5. The Morgan fingerprint density at radius 1 is 1.44 bits per heavy atom. The van der Waals surface area contributed by atoms with Gasteiger partial charge in [0.2, 0.25) is 0 Å². The quantitative estimate of drug-likeness (QED) is 0.717. The molecule has 0 aromatic carbocycles. The number of nitrogens with zero attached hydrogens (tertiary/aromatic N) is 1. The third-order valence-electron chi connectivity index (χ3n) is 2.68. The van der Waals surface area contributed by atoms with Crippen LogP contribution >= 0.6 is 12.4 Å². The minimum Gasteiger partial charge on any atom is -0.444 e. The number of piperidine rings is 1. The first-order valence-electron chi connectivity index (χ1n) is 5.56. The molecule has 0 saturated carbocycles. The van der Waals surface area contributed by atoms with Gasteiger partial charge in [-0.25, -0.2) is 4.79 Å². The van der Waals surface area contributed by atoms with Crippen LogP contribution in [0.25, 0.3) is 0 Å². The summed E-state index contributed by atoms with van der Waals surface area (Å²) in [6.45, 7) is 8.36. The molecule has 1 aliphatic heterocycles. The van der Waals surface area contributed by atoms with Crippen molar-refractivity contribution >= 4 is 18.5 Å². The maximum Gasteiger partial charge on any atom is 0.410 e. The Morgan fingerprint density at radius 2 is 2.00 bits per heavy atom. The number of nitrogens with two attached hydrogens (primary N) is 1. The van der Waals surface area contributed by atoms with Gasteiger partial charge >= 0.3 is 6.09 Å². The van der Waals surface area contributed by atoms with E-state index in [1.165, 1.54) is 0 Å². The van der Waals surface area contributed by atoms with Gasteiger partial charge in [-0.1, -0.05) is 0 Å². The van der Waals surface area contributed by atoms with Crippen LogP contribution in [-0.4, -0.2) is 35.2 Å². The van der Waals surface area contributed by atoms with Crippen molar-refractivity contribution in [2.75, 3.05) is 6.54 Å². The molecule has 1 heterocycles. The zero-order chi connectivity index (χ0) is 11.6. The number of carbonyl (C=O) groups excluding carboxylic acids is 1. The average molecular weight is 251 g/mol. The largest absolute Gasteiger partial charge is 0.444 e. The number of ether oxygens (including phenoxy) is 1. The molecule has 2 atom stereocenters. The third-order valence-corrected chi connectivity index (χ3v) is 2.68. The van der Waals surface area contributed by atoms with Crippen LogP contribution < -0.4 is 5.73 Å². The molecule has 5 heteroatoms. The summed E-state index contributed by atoms with van der Waals surface area (Å²) in [6.07, 6.45) is 1.70. The van der Waals surface area contributed by atoms with E-state index in [0.717, 1.165) is 19.4 Å². The fraction of sp³-hybridized carbons (Fsp3) is 0.909. The average Bonchev–Trinajstić information content (AvgIpc) is 2.06. The van der Waals surface area contributed by atoms with Gasteiger partial charge in [-0.15, -0.1) is 12.4 Å². The van der Waals surface area contributed by atoms with Crippen LogP contribution in [0.15, 0.2) is 0 Å². The van der Waals surface area contributed by atoms with E-state index in [4.69, 9.17) is 10.5 Å². The van der Waals surface area contributed by atoms with E-state index in [2.05, 4.69) is 0 Å². The number of rotatable bonds is 0. The van der Waals surface area contributed by atoms with Crippen LogP contribution in [0.3, 0.4) is 0 Å². The third kappa shape index (κ3) is 4.18. The molecule has 1 fully saturated rings. The minimum absolute atomic E-state index is 0. The lowest BCUT2D eigenvalue weighted by atomic mass is 9.99. The predicted molar refractivity (Wildman–Crippen MR) is 66.9 cm³/mol. The fourth-order valence-corrected chi connectivity index (χ4v) is 1.75. The van der Waals surface area contributed by atoms with Gasteiger partial charge in [0.05, 0.1) is 0 Å². The second kappa shape index (κ2) is 5.73. The first-order valence-corrected chi connectivity index (χ1v) is 5.56. The van der Waals surface area contributed by atoms with Crippen molar-refractivity contribution in [3.8, 4) is 0 Å². The standard InChI is InChI=1S/C11H22N2O2.ClH/c1-8-9(12)6-5-7-13(8)10(14)15-11(2,3)4;/h8-9H,5-7,12H2,1-4H3;1H/t8-,9-;/m1./s1. The van der Waals surface area contributed by atoms with Gasteiger partial charge in [0.1, 0.15) is 5.60 Å². The van der Waals surface area contributed by atoms with E-state index in [1.54, 1.807) is 4.90 Å². The number of amides is 1. The van der Waals surface area contributed by atoms with Gasteiger partial charge in [0.15, 0.2) is 0 Å². The molecule has 1 aliphatic rings. The van der Waals surface area contributed by atoms with Crippen molar-refractivity contribution < 1.29 is 9.53 Å². The van der Waals surface area contributed by atoms with E-state index < -0.39 is 5.60 Å². The summed E-state index contributed by atoms with van der Waals surface area (Å²) in [6, 6.07) is 0.153. The van der Waals surface area contributed by atoms with Crippen molar-refractivity contribution in [2.45, 2.75) is 58.2 Å². The van der Waals surface area contributed by atoms with E-state index in [9.17, 15) is 4.79 Å². The van der Waals surface area contributed by atoms with Gasteiger partial charge in [-0.2, -0.15) is 0 Å². The lowest BCUT2D eigenvalue weighted by Gasteiger charge is -2.38. The van der Waals surface area contributed by atoms with Gasteiger partial charge in [0.25, 0.3) is 0 Å². The molecule has 0 aromatic rings.